The number of carboxylic acid groups (broad SMARTS) is 1. The monoisotopic (exact) mass is 297 g/mol. The Labute approximate surface area is 126 Å². The molecule has 0 aromatic heterocycles. The molecule has 3 N–H and O–H groups in total. The first-order chi connectivity index (χ1) is 10.0. The van der Waals surface area contributed by atoms with E-state index in [-0.39, 0.29) is 18.5 Å². The smallest absolute Gasteiger partial charge is 0.315 e. The van der Waals surface area contributed by atoms with Crippen LogP contribution in [-0.4, -0.2) is 54.2 Å². The molecule has 3 heterocycles. The Hall–Kier alpha value is -1.30. The number of carboxylic acids is 1. The molecule has 3 aliphatic rings. The molecule has 2 amide bonds. The predicted octanol–water partition coefficient (Wildman–Crippen LogP) is 1.27. The van der Waals surface area contributed by atoms with Gasteiger partial charge in [0.05, 0.1) is 0 Å². The highest BCUT2D eigenvalue weighted by Crippen LogP contribution is 2.27. The van der Waals surface area contributed by atoms with E-state index in [0.717, 1.165) is 13.0 Å². The molecule has 120 valence electrons. The summed E-state index contributed by atoms with van der Waals surface area (Å²) < 4.78 is 0. The summed E-state index contributed by atoms with van der Waals surface area (Å²) in [6, 6.07) is 0.205. The third-order valence-electron chi connectivity index (χ3n) is 4.75. The van der Waals surface area contributed by atoms with Gasteiger partial charge in [0.25, 0.3) is 0 Å². The van der Waals surface area contributed by atoms with Crippen molar-refractivity contribution in [2.75, 3.05) is 26.2 Å². The van der Waals surface area contributed by atoms with Crippen LogP contribution in [0.5, 0.6) is 0 Å². The number of carbonyl (C=O) groups excluding carboxylic acids is 1. The summed E-state index contributed by atoms with van der Waals surface area (Å²) in [6.07, 6.45) is 4.07. The fourth-order valence-electron chi connectivity index (χ4n) is 3.29. The van der Waals surface area contributed by atoms with E-state index >= 15 is 0 Å². The lowest BCUT2D eigenvalue weighted by molar-refractivity contribution is -0.137. The van der Waals surface area contributed by atoms with Crippen molar-refractivity contribution in [3.63, 3.8) is 0 Å². The van der Waals surface area contributed by atoms with E-state index in [4.69, 9.17) is 5.11 Å². The van der Waals surface area contributed by atoms with Crippen LogP contribution in [0.1, 0.15) is 39.0 Å². The normalized spacial score (nSPS) is 28.9. The first kappa shape index (κ1) is 16.1. The molecule has 3 saturated heterocycles. The number of hydrogen-bond donors (Lipinski definition) is 3. The molecule has 0 aromatic rings. The average molecular weight is 297 g/mol. The van der Waals surface area contributed by atoms with Crippen LogP contribution in [0.3, 0.4) is 0 Å². The van der Waals surface area contributed by atoms with Gasteiger partial charge in [0.1, 0.15) is 0 Å². The van der Waals surface area contributed by atoms with Crippen molar-refractivity contribution in [3.8, 4) is 0 Å². The summed E-state index contributed by atoms with van der Waals surface area (Å²) in [6.45, 7) is 5.95. The number of fused-ring (bicyclic) bond motifs is 3. The SMILES string of the molecule is CC(CCNC(=O)NC1CN2CCC1CC2)CCC(=O)O. The fourth-order valence-corrected chi connectivity index (χ4v) is 3.29. The van der Waals surface area contributed by atoms with E-state index in [0.29, 0.717) is 24.8 Å². The van der Waals surface area contributed by atoms with Crippen LogP contribution in [0.4, 0.5) is 4.79 Å². The van der Waals surface area contributed by atoms with Crippen molar-refractivity contribution in [1.82, 2.24) is 15.5 Å². The summed E-state index contributed by atoms with van der Waals surface area (Å²) in [5, 5.41) is 14.6. The van der Waals surface area contributed by atoms with Crippen LogP contribution < -0.4 is 10.6 Å². The van der Waals surface area contributed by atoms with E-state index in [1.54, 1.807) is 0 Å². The molecule has 21 heavy (non-hydrogen) atoms. The molecule has 0 saturated carbocycles. The molecule has 6 heteroatoms. The van der Waals surface area contributed by atoms with E-state index in [9.17, 15) is 9.59 Å². The number of rotatable bonds is 7. The van der Waals surface area contributed by atoms with E-state index in [1.165, 1.54) is 25.9 Å². The minimum absolute atomic E-state index is 0.0841. The summed E-state index contributed by atoms with van der Waals surface area (Å²) in [5.74, 6) is 0.198. The first-order valence-electron chi connectivity index (χ1n) is 8.03. The molecule has 2 atom stereocenters. The van der Waals surface area contributed by atoms with Gasteiger partial charge in [-0.3, -0.25) is 4.79 Å². The molecule has 2 unspecified atom stereocenters. The molecular weight excluding hydrogens is 270 g/mol. The Morgan fingerprint density at radius 3 is 2.57 bits per heavy atom. The third kappa shape index (κ3) is 5.19. The van der Waals surface area contributed by atoms with Crippen LogP contribution in [0, 0.1) is 11.8 Å². The van der Waals surface area contributed by atoms with E-state index in [1.807, 2.05) is 6.92 Å². The lowest BCUT2D eigenvalue weighted by Gasteiger charge is -2.44. The second-order valence-electron chi connectivity index (χ2n) is 6.47. The maximum atomic E-state index is 11.9. The number of nitrogens with one attached hydrogen (secondary N) is 2. The van der Waals surface area contributed by atoms with Crippen molar-refractivity contribution < 1.29 is 14.7 Å². The van der Waals surface area contributed by atoms with Gasteiger partial charge in [0.15, 0.2) is 0 Å². The fraction of sp³-hybridized carbons (Fsp3) is 0.867. The topological polar surface area (TPSA) is 81.7 Å². The molecule has 6 nitrogen and oxygen atoms in total. The highest BCUT2D eigenvalue weighted by atomic mass is 16.4. The van der Waals surface area contributed by atoms with Crippen molar-refractivity contribution in [3.05, 3.63) is 0 Å². The number of aliphatic carboxylic acids is 1. The number of carbonyl (C=O) groups is 2. The molecular formula is C15H27N3O3. The number of hydrogen-bond acceptors (Lipinski definition) is 3. The second kappa shape index (κ2) is 7.64. The quantitative estimate of drug-likeness (QED) is 0.661. The van der Waals surface area contributed by atoms with Crippen LogP contribution in [0.15, 0.2) is 0 Å². The zero-order valence-corrected chi connectivity index (χ0v) is 12.8. The minimum atomic E-state index is -0.755. The predicted molar refractivity (Wildman–Crippen MR) is 80.1 cm³/mol. The molecule has 3 aliphatic heterocycles. The van der Waals surface area contributed by atoms with Gasteiger partial charge in [-0.05, 0) is 50.6 Å². The zero-order valence-electron chi connectivity index (χ0n) is 12.8. The van der Waals surface area contributed by atoms with Crippen molar-refractivity contribution in [1.29, 1.82) is 0 Å². The largest absolute Gasteiger partial charge is 0.481 e. The zero-order chi connectivity index (χ0) is 15.2. The molecule has 3 rings (SSSR count). The molecule has 0 spiro atoms. The van der Waals surface area contributed by atoms with Gasteiger partial charge < -0.3 is 20.6 Å². The second-order valence-corrected chi connectivity index (χ2v) is 6.47. The average Bonchev–Trinajstić information content (AvgIpc) is 2.46. The Kier molecular flexibility index (Phi) is 5.85. The Morgan fingerprint density at radius 2 is 2.00 bits per heavy atom. The maximum absolute atomic E-state index is 11.9. The van der Waals surface area contributed by atoms with Crippen molar-refractivity contribution >= 4 is 12.0 Å². The van der Waals surface area contributed by atoms with E-state index in [2.05, 4.69) is 15.5 Å². The third-order valence-corrected chi connectivity index (χ3v) is 4.75. The maximum Gasteiger partial charge on any atom is 0.315 e. The molecule has 0 aliphatic carbocycles. The van der Waals surface area contributed by atoms with Crippen LogP contribution in [0.2, 0.25) is 0 Å². The van der Waals surface area contributed by atoms with Crippen molar-refractivity contribution in [2.24, 2.45) is 11.8 Å². The van der Waals surface area contributed by atoms with Gasteiger partial charge >= 0.3 is 12.0 Å². The van der Waals surface area contributed by atoms with Crippen molar-refractivity contribution in [2.45, 2.75) is 45.1 Å². The van der Waals surface area contributed by atoms with Gasteiger partial charge in [-0.25, -0.2) is 4.79 Å². The number of nitrogens with zero attached hydrogens (tertiary/aromatic N) is 1. The van der Waals surface area contributed by atoms with Gasteiger partial charge in [0, 0.05) is 25.6 Å². The summed E-state index contributed by atoms with van der Waals surface area (Å²) in [7, 11) is 0. The first-order valence-corrected chi connectivity index (χ1v) is 8.03. The lowest BCUT2D eigenvalue weighted by atomic mass is 9.84. The standard InChI is InChI=1S/C15H27N3O3/c1-11(2-3-14(19)20)4-7-16-15(21)17-13-10-18-8-5-12(13)6-9-18/h11-13H,2-10H2,1H3,(H,19,20)(H2,16,17,21). The van der Waals surface area contributed by atoms with Gasteiger partial charge in [0.2, 0.25) is 0 Å². The highest BCUT2D eigenvalue weighted by Gasteiger charge is 2.34. The number of amides is 2. The summed E-state index contributed by atoms with van der Waals surface area (Å²) in [5.41, 5.74) is 0. The summed E-state index contributed by atoms with van der Waals surface area (Å²) >= 11 is 0. The van der Waals surface area contributed by atoms with Crippen LogP contribution >= 0.6 is 0 Å². The van der Waals surface area contributed by atoms with Gasteiger partial charge in [-0.15, -0.1) is 0 Å². The molecule has 2 bridgehead atoms. The van der Waals surface area contributed by atoms with Gasteiger partial charge in [-0.1, -0.05) is 6.92 Å². The molecule has 3 fully saturated rings. The number of piperidine rings is 3. The lowest BCUT2D eigenvalue weighted by Crippen LogP contribution is -2.58. The van der Waals surface area contributed by atoms with Crippen LogP contribution in [-0.2, 0) is 4.79 Å². The Bertz CT molecular complexity index is 367. The Morgan fingerprint density at radius 1 is 1.29 bits per heavy atom. The summed E-state index contributed by atoms with van der Waals surface area (Å²) in [4.78, 5) is 24.8. The number of urea groups is 1. The molecule has 0 radical (unpaired) electrons. The minimum Gasteiger partial charge on any atom is -0.481 e. The van der Waals surface area contributed by atoms with Crippen LogP contribution in [0.25, 0.3) is 0 Å². The van der Waals surface area contributed by atoms with Gasteiger partial charge in [-0.2, -0.15) is 0 Å². The highest BCUT2D eigenvalue weighted by molar-refractivity contribution is 5.74. The molecule has 0 aromatic carbocycles. The van der Waals surface area contributed by atoms with E-state index < -0.39 is 5.97 Å². The Balaban J connectivity index is 1.58.